The summed E-state index contributed by atoms with van der Waals surface area (Å²) in [6.07, 6.45) is 9.80. The van der Waals surface area contributed by atoms with Crippen LogP contribution in [0.3, 0.4) is 0 Å². The maximum absolute atomic E-state index is 13.6. The van der Waals surface area contributed by atoms with E-state index in [-0.39, 0.29) is 11.8 Å². The average Bonchev–Trinajstić information content (AvgIpc) is 3.48. The molecule has 1 amide bonds. The Morgan fingerprint density at radius 3 is 2.75 bits per heavy atom. The van der Waals surface area contributed by atoms with E-state index >= 15 is 0 Å². The van der Waals surface area contributed by atoms with Gasteiger partial charge < -0.3 is 9.64 Å². The molecule has 0 radical (unpaired) electrons. The predicted octanol–water partition coefficient (Wildman–Crippen LogP) is 2.08. The smallest absolute Gasteiger partial charge is 0.256 e. The fourth-order valence-corrected chi connectivity index (χ4v) is 4.65. The lowest BCUT2D eigenvalue weighted by Gasteiger charge is -2.42. The number of nitrogens with zero attached hydrogens (tertiary/aromatic N) is 4. The number of rotatable bonds is 5. The highest BCUT2D eigenvalue weighted by atomic mass is 16.5. The number of amides is 1. The second kappa shape index (κ2) is 7.26. The second-order valence-corrected chi connectivity index (χ2v) is 8.30. The largest absolute Gasteiger partial charge is 0.361 e. The quantitative estimate of drug-likeness (QED) is 0.797. The third-order valence-electron chi connectivity index (χ3n) is 6.25. The molecule has 146 valence electrons. The molecule has 2 saturated heterocycles. The van der Waals surface area contributed by atoms with E-state index < -0.39 is 5.60 Å². The number of hydrogen-bond acceptors (Lipinski definition) is 5. The Labute approximate surface area is 165 Å². The zero-order valence-electron chi connectivity index (χ0n) is 16.0. The lowest BCUT2D eigenvalue weighted by molar-refractivity contribution is -0.172. The molecule has 3 fully saturated rings. The van der Waals surface area contributed by atoms with Crippen molar-refractivity contribution in [2.24, 2.45) is 5.92 Å². The number of morpholine rings is 1. The van der Waals surface area contributed by atoms with Crippen molar-refractivity contribution < 1.29 is 9.53 Å². The van der Waals surface area contributed by atoms with E-state index in [1.54, 1.807) is 6.20 Å². The van der Waals surface area contributed by atoms with Crippen LogP contribution in [0.1, 0.15) is 29.9 Å². The summed E-state index contributed by atoms with van der Waals surface area (Å²) in [5, 5.41) is 0. The summed E-state index contributed by atoms with van der Waals surface area (Å²) in [6, 6.07) is 8.09. The lowest BCUT2D eigenvalue weighted by Crippen LogP contribution is -2.60. The van der Waals surface area contributed by atoms with Crippen LogP contribution in [0.25, 0.3) is 0 Å². The summed E-state index contributed by atoms with van der Waals surface area (Å²) in [5.74, 6) is 0.847. The lowest BCUT2D eigenvalue weighted by atomic mass is 9.83. The third kappa shape index (κ3) is 3.31. The van der Waals surface area contributed by atoms with E-state index in [1.165, 1.54) is 18.4 Å². The van der Waals surface area contributed by atoms with E-state index in [2.05, 4.69) is 25.8 Å². The van der Waals surface area contributed by atoms with E-state index in [1.807, 2.05) is 36.8 Å². The summed E-state index contributed by atoms with van der Waals surface area (Å²) >= 11 is 0. The van der Waals surface area contributed by atoms with Crippen LogP contribution in [0, 0.1) is 5.92 Å². The molecule has 1 aliphatic carbocycles. The van der Waals surface area contributed by atoms with Crippen LogP contribution in [-0.4, -0.2) is 64.1 Å². The molecular formula is C22H26N4O2. The molecule has 28 heavy (non-hydrogen) atoms. The standard InChI is InChI=1S/C22H26N4O2/c27-21-22(28-11-10-26(21)14-17-3-4-17)16-25(13-18-5-8-23-9-6-18)15-20(22)19-2-1-7-24-12-19/h1-2,5-9,12,17,20H,3-4,10-11,13-16H2/t20-,22-/m0/s1. The average molecular weight is 378 g/mol. The Morgan fingerprint density at radius 1 is 1.14 bits per heavy atom. The Hall–Kier alpha value is -2.31. The zero-order chi connectivity index (χ0) is 19.0. The van der Waals surface area contributed by atoms with Gasteiger partial charge in [-0.1, -0.05) is 6.07 Å². The summed E-state index contributed by atoms with van der Waals surface area (Å²) in [6.45, 7) is 4.40. The number of carbonyl (C=O) groups excluding carboxylic acids is 1. The zero-order valence-corrected chi connectivity index (χ0v) is 16.0. The first-order valence-electron chi connectivity index (χ1n) is 10.2. The predicted molar refractivity (Wildman–Crippen MR) is 104 cm³/mol. The van der Waals surface area contributed by atoms with Gasteiger partial charge in [-0.05, 0) is 48.1 Å². The minimum atomic E-state index is -0.802. The van der Waals surface area contributed by atoms with Crippen LogP contribution in [0.4, 0.5) is 0 Å². The van der Waals surface area contributed by atoms with Gasteiger partial charge in [0.05, 0.1) is 6.61 Å². The first kappa shape index (κ1) is 17.8. The summed E-state index contributed by atoms with van der Waals surface area (Å²) in [7, 11) is 0. The van der Waals surface area contributed by atoms with E-state index in [0.29, 0.717) is 25.6 Å². The Bertz CT molecular complexity index is 827. The fraction of sp³-hybridized carbons (Fsp3) is 0.500. The second-order valence-electron chi connectivity index (χ2n) is 8.30. The molecular weight excluding hydrogens is 352 g/mol. The molecule has 2 atom stereocenters. The molecule has 2 aromatic rings. The number of aromatic nitrogens is 2. The van der Waals surface area contributed by atoms with Crippen LogP contribution in [0.5, 0.6) is 0 Å². The number of ether oxygens (including phenoxy) is 1. The number of likely N-dealkylation sites (tertiary alicyclic amines) is 1. The van der Waals surface area contributed by atoms with Gasteiger partial charge in [0, 0.05) is 63.4 Å². The van der Waals surface area contributed by atoms with Gasteiger partial charge in [-0.15, -0.1) is 0 Å². The van der Waals surface area contributed by atoms with Gasteiger partial charge in [0.2, 0.25) is 0 Å². The molecule has 0 aromatic carbocycles. The summed E-state index contributed by atoms with van der Waals surface area (Å²) < 4.78 is 6.33. The minimum Gasteiger partial charge on any atom is -0.361 e. The first-order chi connectivity index (χ1) is 13.7. The number of hydrogen-bond donors (Lipinski definition) is 0. The molecule has 6 heteroatoms. The van der Waals surface area contributed by atoms with Gasteiger partial charge in [-0.3, -0.25) is 19.7 Å². The van der Waals surface area contributed by atoms with Crippen LogP contribution < -0.4 is 0 Å². The van der Waals surface area contributed by atoms with Crippen LogP contribution in [-0.2, 0) is 16.1 Å². The number of pyridine rings is 2. The minimum absolute atomic E-state index is 0.00228. The summed E-state index contributed by atoms with van der Waals surface area (Å²) in [5.41, 5.74) is 1.49. The maximum atomic E-state index is 13.6. The highest BCUT2D eigenvalue weighted by Gasteiger charge is 2.57. The summed E-state index contributed by atoms with van der Waals surface area (Å²) in [4.78, 5) is 26.5. The Morgan fingerprint density at radius 2 is 2.00 bits per heavy atom. The van der Waals surface area contributed by atoms with E-state index in [4.69, 9.17) is 4.74 Å². The maximum Gasteiger partial charge on any atom is 0.256 e. The van der Waals surface area contributed by atoms with Gasteiger partial charge in [0.15, 0.2) is 5.60 Å². The fourth-order valence-electron chi connectivity index (χ4n) is 4.65. The molecule has 0 bridgehead atoms. The van der Waals surface area contributed by atoms with Crippen molar-refractivity contribution in [3.8, 4) is 0 Å². The Balaban J connectivity index is 1.44. The van der Waals surface area contributed by atoms with Crippen molar-refractivity contribution in [3.63, 3.8) is 0 Å². The molecule has 5 rings (SSSR count). The highest BCUT2D eigenvalue weighted by Crippen LogP contribution is 2.43. The van der Waals surface area contributed by atoms with Gasteiger partial charge in [0.25, 0.3) is 5.91 Å². The molecule has 4 heterocycles. The van der Waals surface area contributed by atoms with Crippen molar-refractivity contribution in [3.05, 3.63) is 60.2 Å². The van der Waals surface area contributed by atoms with Crippen molar-refractivity contribution in [2.45, 2.75) is 30.9 Å². The molecule has 1 saturated carbocycles. The van der Waals surface area contributed by atoms with Crippen LogP contribution in [0.2, 0.25) is 0 Å². The van der Waals surface area contributed by atoms with Crippen molar-refractivity contribution in [2.75, 3.05) is 32.8 Å². The molecule has 0 unspecified atom stereocenters. The van der Waals surface area contributed by atoms with E-state index in [0.717, 1.165) is 25.2 Å². The van der Waals surface area contributed by atoms with Crippen LogP contribution >= 0.6 is 0 Å². The van der Waals surface area contributed by atoms with Crippen molar-refractivity contribution in [1.82, 2.24) is 19.8 Å². The molecule has 6 nitrogen and oxygen atoms in total. The topological polar surface area (TPSA) is 58.6 Å². The van der Waals surface area contributed by atoms with Crippen molar-refractivity contribution in [1.29, 1.82) is 0 Å². The first-order valence-corrected chi connectivity index (χ1v) is 10.2. The SMILES string of the molecule is O=C1N(CC2CC2)CCO[C@]12CN(Cc1ccncc1)C[C@H]2c1cccnc1. The molecule has 1 spiro atoms. The molecule has 2 aromatic heterocycles. The van der Waals surface area contributed by atoms with Crippen molar-refractivity contribution >= 4 is 5.91 Å². The number of carbonyl (C=O) groups is 1. The normalized spacial score (nSPS) is 28.2. The Kier molecular flexibility index (Phi) is 4.61. The van der Waals surface area contributed by atoms with Gasteiger partial charge in [-0.25, -0.2) is 0 Å². The molecule has 0 N–H and O–H groups in total. The van der Waals surface area contributed by atoms with Gasteiger partial charge in [-0.2, -0.15) is 0 Å². The third-order valence-corrected chi connectivity index (χ3v) is 6.25. The van der Waals surface area contributed by atoms with Gasteiger partial charge in [0.1, 0.15) is 0 Å². The highest BCUT2D eigenvalue weighted by molar-refractivity contribution is 5.88. The molecule has 3 aliphatic rings. The van der Waals surface area contributed by atoms with E-state index in [9.17, 15) is 4.79 Å². The van der Waals surface area contributed by atoms with Crippen LogP contribution in [0.15, 0.2) is 49.1 Å². The monoisotopic (exact) mass is 378 g/mol. The van der Waals surface area contributed by atoms with Gasteiger partial charge >= 0.3 is 0 Å². The molecule has 2 aliphatic heterocycles.